The third kappa shape index (κ3) is 7.05. The van der Waals surface area contributed by atoms with E-state index in [2.05, 4.69) is 0 Å². The molecular weight excluding hydrogens is 255 g/mol. The summed E-state index contributed by atoms with van der Waals surface area (Å²) in [5.41, 5.74) is -1.72. The number of halogens is 5. The maximum atomic E-state index is 12.0. The molecule has 0 aromatic carbocycles. The van der Waals surface area contributed by atoms with Crippen molar-refractivity contribution < 1.29 is 22.0 Å². The average molecular weight is 268 g/mol. The van der Waals surface area contributed by atoms with E-state index in [9.17, 15) is 22.0 Å². The van der Waals surface area contributed by atoms with Crippen molar-refractivity contribution in [2.75, 3.05) is 0 Å². The highest BCUT2D eigenvalue weighted by Gasteiger charge is 2.36. The molecule has 0 rings (SSSR count). The van der Waals surface area contributed by atoms with Crippen molar-refractivity contribution in [3.63, 3.8) is 0 Å². The van der Waals surface area contributed by atoms with Crippen LogP contribution < -0.4 is 0 Å². The molecule has 0 saturated carbocycles. The first-order chi connectivity index (χ1) is 8.24. The number of unbranched alkanes of at least 4 members (excludes halogenated alkanes) is 1. The van der Waals surface area contributed by atoms with Crippen LogP contribution in [-0.4, -0.2) is 12.6 Å². The van der Waals surface area contributed by atoms with Gasteiger partial charge in [0.2, 0.25) is 6.43 Å². The van der Waals surface area contributed by atoms with Gasteiger partial charge in [-0.3, -0.25) is 0 Å². The predicted octanol–water partition coefficient (Wildman–Crippen LogP) is 4.19. The molecule has 0 unspecified atom stereocenters. The summed E-state index contributed by atoms with van der Waals surface area (Å²) in [5.74, 6) is 0. The molecule has 7 heteroatoms. The molecule has 0 saturated heterocycles. The number of hydrogen-bond acceptors (Lipinski definition) is 2. The maximum absolute atomic E-state index is 12.0. The van der Waals surface area contributed by atoms with Crippen molar-refractivity contribution in [3.05, 3.63) is 0 Å². The van der Waals surface area contributed by atoms with Gasteiger partial charge in [0.1, 0.15) is 5.41 Å². The lowest BCUT2D eigenvalue weighted by Crippen LogP contribution is -2.20. The largest absolute Gasteiger partial charge is 0.389 e. The molecule has 102 valence electrons. The van der Waals surface area contributed by atoms with E-state index in [0.29, 0.717) is 0 Å². The Balaban J connectivity index is 4.29. The van der Waals surface area contributed by atoms with Crippen LogP contribution in [0.25, 0.3) is 0 Å². The van der Waals surface area contributed by atoms with E-state index in [1.165, 1.54) is 0 Å². The van der Waals surface area contributed by atoms with Gasteiger partial charge >= 0.3 is 6.18 Å². The lowest BCUT2D eigenvalue weighted by atomic mass is 9.81. The van der Waals surface area contributed by atoms with E-state index >= 15 is 0 Å². The zero-order valence-corrected chi connectivity index (χ0v) is 9.60. The minimum atomic E-state index is -4.43. The topological polar surface area (TPSA) is 47.6 Å². The molecule has 0 heterocycles. The van der Waals surface area contributed by atoms with Gasteiger partial charge in [-0.15, -0.1) is 0 Å². The molecule has 0 radical (unpaired) electrons. The highest BCUT2D eigenvalue weighted by molar-refractivity contribution is 5.13. The summed E-state index contributed by atoms with van der Waals surface area (Å²) < 4.78 is 59.8. The highest BCUT2D eigenvalue weighted by Crippen LogP contribution is 2.34. The Labute approximate surface area is 102 Å². The first-order valence-corrected chi connectivity index (χ1v) is 5.42. The van der Waals surface area contributed by atoms with Crippen LogP contribution in [-0.2, 0) is 0 Å². The van der Waals surface area contributed by atoms with E-state index in [0.717, 1.165) is 0 Å². The van der Waals surface area contributed by atoms with Gasteiger partial charge in [0.05, 0.1) is 12.1 Å². The van der Waals surface area contributed by atoms with Crippen LogP contribution in [0.2, 0.25) is 0 Å². The Hall–Kier alpha value is -1.37. The fourth-order valence-corrected chi connectivity index (χ4v) is 1.45. The molecule has 0 amide bonds. The third-order valence-electron chi connectivity index (χ3n) is 2.54. The van der Waals surface area contributed by atoms with Crippen molar-refractivity contribution in [2.45, 2.75) is 51.1 Å². The Morgan fingerprint density at radius 2 is 1.44 bits per heavy atom. The summed E-state index contributed by atoms with van der Waals surface area (Å²) in [6, 6.07) is 3.15. The van der Waals surface area contributed by atoms with Gasteiger partial charge in [-0.05, 0) is 19.3 Å². The van der Waals surface area contributed by atoms with E-state index < -0.39 is 30.9 Å². The molecule has 0 fully saturated rings. The molecule has 0 spiro atoms. The highest BCUT2D eigenvalue weighted by atomic mass is 19.4. The molecule has 0 bridgehead atoms. The van der Waals surface area contributed by atoms with E-state index in [4.69, 9.17) is 10.5 Å². The molecule has 18 heavy (non-hydrogen) atoms. The number of rotatable bonds is 7. The van der Waals surface area contributed by atoms with Crippen molar-refractivity contribution in [2.24, 2.45) is 5.41 Å². The number of nitriles is 2. The van der Waals surface area contributed by atoms with Crippen LogP contribution in [0.15, 0.2) is 0 Å². The Morgan fingerprint density at radius 3 is 1.83 bits per heavy atom. The van der Waals surface area contributed by atoms with Crippen molar-refractivity contribution >= 4 is 0 Å². The molecule has 0 N–H and O–H groups in total. The van der Waals surface area contributed by atoms with Crippen LogP contribution in [0.3, 0.4) is 0 Å². The van der Waals surface area contributed by atoms with Crippen LogP contribution in [0.1, 0.15) is 38.5 Å². The summed E-state index contributed by atoms with van der Waals surface area (Å²) >= 11 is 0. The summed E-state index contributed by atoms with van der Waals surface area (Å²) in [6.45, 7) is 0. The first kappa shape index (κ1) is 16.6. The van der Waals surface area contributed by atoms with Crippen LogP contribution in [0, 0.1) is 28.1 Å². The molecule has 0 aliphatic heterocycles. The van der Waals surface area contributed by atoms with E-state index in [1.54, 1.807) is 12.1 Å². The molecular formula is C11H13F5N2. The monoisotopic (exact) mass is 268 g/mol. The van der Waals surface area contributed by atoms with Gasteiger partial charge in [-0.2, -0.15) is 23.7 Å². The van der Waals surface area contributed by atoms with E-state index in [-0.39, 0.29) is 25.7 Å². The van der Waals surface area contributed by atoms with Gasteiger partial charge in [0.15, 0.2) is 0 Å². The lowest BCUT2D eigenvalue weighted by molar-refractivity contribution is -0.138. The lowest BCUT2D eigenvalue weighted by Gasteiger charge is -2.19. The standard InChI is InChI=1S/C11H13F5N2/c12-9(13)3-1-2-4-10(7-17,8-18)5-6-11(14,15)16/h9H,1-6H2. The second kappa shape index (κ2) is 7.15. The van der Waals surface area contributed by atoms with Crippen molar-refractivity contribution in [1.82, 2.24) is 0 Å². The zero-order valence-electron chi connectivity index (χ0n) is 9.60. The summed E-state index contributed by atoms with van der Waals surface area (Å²) in [6.07, 6.45) is -8.98. The third-order valence-corrected chi connectivity index (χ3v) is 2.54. The number of alkyl halides is 5. The van der Waals surface area contributed by atoms with E-state index in [1.807, 2.05) is 0 Å². The van der Waals surface area contributed by atoms with Crippen LogP contribution in [0.5, 0.6) is 0 Å². The SMILES string of the molecule is N#CC(C#N)(CCCCC(F)F)CCC(F)(F)F. The Morgan fingerprint density at radius 1 is 0.889 bits per heavy atom. The molecule has 2 nitrogen and oxygen atoms in total. The van der Waals surface area contributed by atoms with Crippen molar-refractivity contribution in [1.29, 1.82) is 10.5 Å². The minimum Gasteiger partial charge on any atom is -0.211 e. The summed E-state index contributed by atoms with van der Waals surface area (Å²) in [4.78, 5) is 0. The van der Waals surface area contributed by atoms with Gasteiger partial charge in [-0.25, -0.2) is 8.78 Å². The first-order valence-electron chi connectivity index (χ1n) is 5.42. The second-order valence-corrected chi connectivity index (χ2v) is 4.06. The van der Waals surface area contributed by atoms with Gasteiger partial charge in [0.25, 0.3) is 0 Å². The Bertz CT molecular complexity index is 310. The number of nitrogens with zero attached hydrogens (tertiary/aromatic N) is 2. The quantitative estimate of drug-likeness (QED) is 0.513. The second-order valence-electron chi connectivity index (χ2n) is 4.06. The summed E-state index contributed by atoms with van der Waals surface area (Å²) in [5, 5.41) is 17.6. The van der Waals surface area contributed by atoms with Crippen molar-refractivity contribution in [3.8, 4) is 12.1 Å². The molecule has 0 aromatic heterocycles. The molecule has 0 atom stereocenters. The van der Waals surface area contributed by atoms with Gasteiger partial charge in [-0.1, -0.05) is 6.42 Å². The van der Waals surface area contributed by atoms with Gasteiger partial charge in [0, 0.05) is 12.8 Å². The predicted molar refractivity (Wildman–Crippen MR) is 53.4 cm³/mol. The molecule has 0 aromatic rings. The van der Waals surface area contributed by atoms with Gasteiger partial charge < -0.3 is 0 Å². The zero-order chi connectivity index (χ0) is 14.2. The summed E-state index contributed by atoms with van der Waals surface area (Å²) in [7, 11) is 0. The normalized spacial score (nSPS) is 12.2. The molecule has 0 aliphatic rings. The fourth-order valence-electron chi connectivity index (χ4n) is 1.45. The molecule has 0 aliphatic carbocycles. The van der Waals surface area contributed by atoms with Crippen LogP contribution >= 0.6 is 0 Å². The Kier molecular flexibility index (Phi) is 6.61. The smallest absolute Gasteiger partial charge is 0.211 e. The fraction of sp³-hybridized carbons (Fsp3) is 0.818. The van der Waals surface area contributed by atoms with Crippen LogP contribution in [0.4, 0.5) is 22.0 Å². The number of hydrogen-bond donors (Lipinski definition) is 0. The average Bonchev–Trinajstić information content (AvgIpc) is 2.27. The minimum absolute atomic E-state index is 0.0921. The maximum Gasteiger partial charge on any atom is 0.389 e.